The summed E-state index contributed by atoms with van der Waals surface area (Å²) in [6.45, 7) is 4.31. The molecule has 0 bridgehead atoms. The molecule has 0 rings (SSSR count). The average Bonchev–Trinajstić information content (AvgIpc) is 2.56. The van der Waals surface area contributed by atoms with Gasteiger partial charge in [-0.3, -0.25) is 4.79 Å². The van der Waals surface area contributed by atoms with Crippen LogP contribution >= 0.6 is 15.9 Å². The minimum atomic E-state index is -0.0618. The molecule has 0 aromatic carbocycles. The van der Waals surface area contributed by atoms with Gasteiger partial charge < -0.3 is 9.47 Å². The Bertz CT molecular complexity index is 280. The zero-order valence-corrected chi connectivity index (χ0v) is 16.5. The number of carbonyl (C=O) groups is 1. The van der Waals surface area contributed by atoms with Gasteiger partial charge in [0.2, 0.25) is 0 Å². The number of unbranched alkanes of at least 4 members (excludes halogenated alkanes) is 6. The first-order valence-electron chi connectivity index (χ1n) is 9.25. The SMILES string of the molecule is CC/C=C\CCCCOCCCCC(=O)OCCCCCCBr. The second kappa shape index (κ2) is 19.7. The van der Waals surface area contributed by atoms with Crippen molar-refractivity contribution in [2.45, 2.75) is 77.6 Å². The zero-order chi connectivity index (χ0) is 17.0. The predicted molar refractivity (Wildman–Crippen MR) is 101 cm³/mol. The molecule has 0 aromatic heterocycles. The molecule has 0 atom stereocenters. The Kier molecular flexibility index (Phi) is 19.4. The summed E-state index contributed by atoms with van der Waals surface area (Å²) in [7, 11) is 0. The highest BCUT2D eigenvalue weighted by atomic mass is 79.9. The lowest BCUT2D eigenvalue weighted by Crippen LogP contribution is -2.06. The van der Waals surface area contributed by atoms with E-state index >= 15 is 0 Å². The summed E-state index contributed by atoms with van der Waals surface area (Å²) in [6, 6.07) is 0. The van der Waals surface area contributed by atoms with E-state index in [0.29, 0.717) is 13.0 Å². The second-order valence-corrected chi connectivity index (χ2v) is 6.56. The second-order valence-electron chi connectivity index (χ2n) is 5.77. The van der Waals surface area contributed by atoms with Crippen LogP contribution in [0.15, 0.2) is 12.2 Å². The standard InChI is InChI=1S/C19H35BrO3/c1-2-3-4-5-7-11-16-22-17-13-9-14-19(21)23-18-12-8-6-10-15-20/h3-4H,2,5-18H2,1H3/b4-3-. The number of ether oxygens (including phenoxy) is 2. The molecule has 23 heavy (non-hydrogen) atoms. The number of allylic oxidation sites excluding steroid dienone is 2. The van der Waals surface area contributed by atoms with E-state index in [1.807, 2.05) is 0 Å². The van der Waals surface area contributed by atoms with E-state index < -0.39 is 0 Å². The molecule has 136 valence electrons. The molecule has 0 saturated carbocycles. The van der Waals surface area contributed by atoms with Gasteiger partial charge in [0.25, 0.3) is 0 Å². The van der Waals surface area contributed by atoms with Gasteiger partial charge in [-0.05, 0) is 51.4 Å². The van der Waals surface area contributed by atoms with Crippen molar-refractivity contribution >= 4 is 21.9 Å². The van der Waals surface area contributed by atoms with Gasteiger partial charge in [-0.1, -0.05) is 47.8 Å². The van der Waals surface area contributed by atoms with Gasteiger partial charge in [-0.15, -0.1) is 0 Å². The first-order valence-corrected chi connectivity index (χ1v) is 10.4. The fourth-order valence-corrected chi connectivity index (χ4v) is 2.53. The molecule has 0 spiro atoms. The number of rotatable bonds is 17. The smallest absolute Gasteiger partial charge is 0.305 e. The van der Waals surface area contributed by atoms with Crippen molar-refractivity contribution in [3.05, 3.63) is 12.2 Å². The molecule has 0 aromatic rings. The Morgan fingerprint density at radius 1 is 0.870 bits per heavy atom. The van der Waals surface area contributed by atoms with Crippen molar-refractivity contribution in [3.8, 4) is 0 Å². The van der Waals surface area contributed by atoms with Crippen molar-refractivity contribution in [1.29, 1.82) is 0 Å². The highest BCUT2D eigenvalue weighted by Crippen LogP contribution is 2.04. The first kappa shape index (κ1) is 22.6. The molecule has 0 unspecified atom stereocenters. The lowest BCUT2D eigenvalue weighted by atomic mass is 10.2. The summed E-state index contributed by atoms with van der Waals surface area (Å²) in [4.78, 5) is 11.5. The van der Waals surface area contributed by atoms with Gasteiger partial charge in [-0.2, -0.15) is 0 Å². The van der Waals surface area contributed by atoms with Crippen LogP contribution in [0.5, 0.6) is 0 Å². The normalized spacial score (nSPS) is 11.2. The monoisotopic (exact) mass is 390 g/mol. The largest absolute Gasteiger partial charge is 0.466 e. The van der Waals surface area contributed by atoms with E-state index in [1.165, 1.54) is 19.3 Å². The number of esters is 1. The van der Waals surface area contributed by atoms with E-state index in [2.05, 4.69) is 35.0 Å². The van der Waals surface area contributed by atoms with Crippen LogP contribution in [0.2, 0.25) is 0 Å². The van der Waals surface area contributed by atoms with E-state index in [0.717, 1.165) is 63.5 Å². The summed E-state index contributed by atoms with van der Waals surface area (Å²) in [5.41, 5.74) is 0. The van der Waals surface area contributed by atoms with E-state index in [1.54, 1.807) is 0 Å². The third-order valence-electron chi connectivity index (χ3n) is 3.52. The molecule has 0 saturated heterocycles. The van der Waals surface area contributed by atoms with Gasteiger partial charge in [0.05, 0.1) is 6.61 Å². The first-order chi connectivity index (χ1) is 11.3. The van der Waals surface area contributed by atoms with Crippen LogP contribution < -0.4 is 0 Å². The Hall–Kier alpha value is -0.350. The van der Waals surface area contributed by atoms with Crippen LogP contribution in [-0.2, 0) is 14.3 Å². The summed E-state index contributed by atoms with van der Waals surface area (Å²) in [6.07, 6.45) is 15.9. The summed E-state index contributed by atoms with van der Waals surface area (Å²) in [5.74, 6) is -0.0618. The Labute approximate surface area is 151 Å². The Balaban J connectivity index is 3.16. The maximum absolute atomic E-state index is 11.5. The van der Waals surface area contributed by atoms with Crippen molar-refractivity contribution in [1.82, 2.24) is 0 Å². The van der Waals surface area contributed by atoms with Crippen LogP contribution in [-0.4, -0.2) is 31.1 Å². The number of halogens is 1. The summed E-state index contributed by atoms with van der Waals surface area (Å²) in [5, 5.41) is 1.06. The summed E-state index contributed by atoms with van der Waals surface area (Å²) >= 11 is 3.41. The fraction of sp³-hybridized carbons (Fsp3) is 0.842. The Morgan fingerprint density at radius 3 is 2.30 bits per heavy atom. The van der Waals surface area contributed by atoms with Gasteiger partial charge in [-0.25, -0.2) is 0 Å². The van der Waals surface area contributed by atoms with Crippen LogP contribution in [0, 0.1) is 0 Å². The molecular formula is C19H35BrO3. The third-order valence-corrected chi connectivity index (χ3v) is 4.08. The Morgan fingerprint density at radius 2 is 1.57 bits per heavy atom. The highest BCUT2D eigenvalue weighted by molar-refractivity contribution is 9.09. The third kappa shape index (κ3) is 19.6. The van der Waals surface area contributed by atoms with Gasteiger partial charge in [0, 0.05) is 25.0 Å². The molecule has 0 fully saturated rings. The molecule has 3 nitrogen and oxygen atoms in total. The van der Waals surface area contributed by atoms with Crippen LogP contribution in [0.3, 0.4) is 0 Å². The maximum Gasteiger partial charge on any atom is 0.305 e. The topological polar surface area (TPSA) is 35.5 Å². The molecule has 0 aliphatic carbocycles. The average molecular weight is 391 g/mol. The van der Waals surface area contributed by atoms with Crippen molar-refractivity contribution in [2.24, 2.45) is 0 Å². The fourth-order valence-electron chi connectivity index (χ4n) is 2.13. The lowest BCUT2D eigenvalue weighted by Gasteiger charge is -2.05. The number of hydrogen-bond acceptors (Lipinski definition) is 3. The molecule has 4 heteroatoms. The van der Waals surface area contributed by atoms with E-state index in [4.69, 9.17) is 9.47 Å². The van der Waals surface area contributed by atoms with Crippen LogP contribution in [0.4, 0.5) is 0 Å². The van der Waals surface area contributed by atoms with Gasteiger partial charge in [0.1, 0.15) is 0 Å². The van der Waals surface area contributed by atoms with Crippen molar-refractivity contribution < 1.29 is 14.3 Å². The molecule has 0 radical (unpaired) electrons. The minimum Gasteiger partial charge on any atom is -0.466 e. The van der Waals surface area contributed by atoms with E-state index in [9.17, 15) is 4.79 Å². The van der Waals surface area contributed by atoms with Gasteiger partial charge >= 0.3 is 5.97 Å². The quantitative estimate of drug-likeness (QED) is 0.136. The van der Waals surface area contributed by atoms with Crippen LogP contribution in [0.1, 0.15) is 77.6 Å². The zero-order valence-electron chi connectivity index (χ0n) is 14.9. The lowest BCUT2D eigenvalue weighted by molar-refractivity contribution is -0.143. The minimum absolute atomic E-state index is 0.0618. The number of alkyl halides is 1. The molecule has 0 amide bonds. The molecular weight excluding hydrogens is 356 g/mol. The molecule has 0 aliphatic heterocycles. The molecule has 0 aliphatic rings. The highest BCUT2D eigenvalue weighted by Gasteiger charge is 2.02. The molecule has 0 N–H and O–H groups in total. The van der Waals surface area contributed by atoms with Crippen molar-refractivity contribution in [2.75, 3.05) is 25.2 Å². The van der Waals surface area contributed by atoms with Gasteiger partial charge in [0.15, 0.2) is 0 Å². The number of carbonyl (C=O) groups excluding carboxylic acids is 1. The predicted octanol–water partition coefficient (Wildman–Crippen LogP) is 5.81. The summed E-state index contributed by atoms with van der Waals surface area (Å²) < 4.78 is 10.8. The van der Waals surface area contributed by atoms with Crippen molar-refractivity contribution in [3.63, 3.8) is 0 Å². The maximum atomic E-state index is 11.5. The molecule has 0 heterocycles. The number of hydrogen-bond donors (Lipinski definition) is 0. The van der Waals surface area contributed by atoms with E-state index in [-0.39, 0.29) is 5.97 Å². The van der Waals surface area contributed by atoms with Crippen LogP contribution in [0.25, 0.3) is 0 Å².